The molecule has 0 spiro atoms. The average molecular weight is 595 g/mol. The average Bonchev–Trinajstić information content (AvgIpc) is 3.37. The standard InChI is InChI=1S/C30H32F6N4O2/c31-29(32,33)23-15-21(16-24(18-23)30(34,35)36)28(41)40-10-9-39(8-4-3-7-38-11-13-42-14-12-38)20-25(40)17-22-19-37-27-6-2-1-5-26(22)27/h1-6,15-16,18-19,25,37H,7-14,17,20H2/t25-/m1/s1. The molecule has 2 aromatic carbocycles. The van der Waals surface area contributed by atoms with Crippen molar-refractivity contribution in [2.75, 3.05) is 59.0 Å². The number of H-pyrrole nitrogens is 1. The van der Waals surface area contributed by atoms with E-state index in [0.717, 1.165) is 36.1 Å². The lowest BCUT2D eigenvalue weighted by molar-refractivity contribution is -0.143. The molecule has 2 aliphatic heterocycles. The number of benzene rings is 2. The zero-order valence-electron chi connectivity index (χ0n) is 22.8. The van der Waals surface area contributed by atoms with E-state index < -0.39 is 41.0 Å². The third kappa shape index (κ3) is 7.16. The van der Waals surface area contributed by atoms with E-state index >= 15 is 0 Å². The number of hydrogen-bond acceptors (Lipinski definition) is 4. The van der Waals surface area contributed by atoms with Crippen LogP contribution >= 0.6 is 0 Å². The van der Waals surface area contributed by atoms with Gasteiger partial charge in [-0.2, -0.15) is 26.3 Å². The molecule has 1 N–H and O–H groups in total. The summed E-state index contributed by atoms with van der Waals surface area (Å²) in [7, 11) is 0. The zero-order chi connectivity index (χ0) is 29.9. The molecule has 0 radical (unpaired) electrons. The molecule has 5 rings (SSSR count). The first-order valence-electron chi connectivity index (χ1n) is 13.8. The lowest BCUT2D eigenvalue weighted by atomic mass is 9.98. The van der Waals surface area contributed by atoms with Gasteiger partial charge in [-0.1, -0.05) is 30.4 Å². The molecule has 3 aromatic rings. The topological polar surface area (TPSA) is 51.8 Å². The summed E-state index contributed by atoms with van der Waals surface area (Å²) < 4.78 is 86.5. The number of ether oxygens (including phenoxy) is 1. The molecule has 42 heavy (non-hydrogen) atoms. The fourth-order valence-electron chi connectivity index (χ4n) is 5.56. The predicted molar refractivity (Wildman–Crippen MR) is 146 cm³/mol. The molecular weight excluding hydrogens is 562 g/mol. The maximum absolute atomic E-state index is 13.6. The Kier molecular flexibility index (Phi) is 8.95. The molecule has 6 nitrogen and oxygen atoms in total. The lowest BCUT2D eigenvalue weighted by Crippen LogP contribution is -2.56. The van der Waals surface area contributed by atoms with Crippen molar-refractivity contribution in [3.63, 3.8) is 0 Å². The highest BCUT2D eigenvalue weighted by Crippen LogP contribution is 2.37. The van der Waals surface area contributed by atoms with Gasteiger partial charge >= 0.3 is 12.4 Å². The van der Waals surface area contributed by atoms with Crippen molar-refractivity contribution in [1.82, 2.24) is 19.7 Å². The van der Waals surface area contributed by atoms with E-state index in [4.69, 9.17) is 4.74 Å². The minimum Gasteiger partial charge on any atom is -0.379 e. The Morgan fingerprint density at radius 3 is 2.19 bits per heavy atom. The fourth-order valence-corrected chi connectivity index (χ4v) is 5.56. The Bertz CT molecular complexity index is 1380. The van der Waals surface area contributed by atoms with Gasteiger partial charge in [0, 0.05) is 74.5 Å². The molecule has 1 aromatic heterocycles. The molecule has 1 amide bonds. The number of fused-ring (bicyclic) bond motifs is 1. The van der Waals surface area contributed by atoms with Gasteiger partial charge in [0.2, 0.25) is 0 Å². The van der Waals surface area contributed by atoms with E-state index in [1.54, 1.807) is 0 Å². The predicted octanol–water partition coefficient (Wildman–Crippen LogP) is 5.46. The fraction of sp³-hybridized carbons (Fsp3) is 0.433. The molecular formula is C30H32F6N4O2. The largest absolute Gasteiger partial charge is 0.416 e. The molecule has 0 bridgehead atoms. The summed E-state index contributed by atoms with van der Waals surface area (Å²) in [4.78, 5) is 22.7. The number of halogens is 6. The van der Waals surface area contributed by atoms with Crippen molar-refractivity contribution in [1.29, 1.82) is 0 Å². The maximum Gasteiger partial charge on any atom is 0.416 e. The Morgan fingerprint density at radius 1 is 0.881 bits per heavy atom. The molecule has 226 valence electrons. The van der Waals surface area contributed by atoms with E-state index in [9.17, 15) is 31.1 Å². The number of morpholine rings is 1. The van der Waals surface area contributed by atoms with Crippen LogP contribution in [0.15, 0.2) is 60.8 Å². The molecule has 2 fully saturated rings. The highest BCUT2D eigenvalue weighted by Gasteiger charge is 2.39. The highest BCUT2D eigenvalue weighted by atomic mass is 19.4. The zero-order valence-corrected chi connectivity index (χ0v) is 22.8. The first-order valence-corrected chi connectivity index (χ1v) is 13.8. The van der Waals surface area contributed by atoms with Gasteiger partial charge in [0.05, 0.1) is 24.3 Å². The minimum atomic E-state index is -5.04. The molecule has 0 aliphatic carbocycles. The number of para-hydroxylation sites is 1. The van der Waals surface area contributed by atoms with Gasteiger partial charge < -0.3 is 14.6 Å². The minimum absolute atomic E-state index is 0.0430. The van der Waals surface area contributed by atoms with Gasteiger partial charge in [-0.15, -0.1) is 0 Å². The number of nitrogens with one attached hydrogen (secondary N) is 1. The Morgan fingerprint density at radius 2 is 1.52 bits per heavy atom. The number of aromatic amines is 1. The molecule has 0 unspecified atom stereocenters. The van der Waals surface area contributed by atoms with Crippen LogP contribution in [0.4, 0.5) is 26.3 Å². The molecule has 1 atom stereocenters. The van der Waals surface area contributed by atoms with E-state index in [0.29, 0.717) is 51.4 Å². The van der Waals surface area contributed by atoms with Crippen LogP contribution in [0.1, 0.15) is 27.0 Å². The third-order valence-electron chi connectivity index (χ3n) is 7.79. The van der Waals surface area contributed by atoms with Crippen LogP contribution < -0.4 is 0 Å². The first-order chi connectivity index (χ1) is 20.0. The highest BCUT2D eigenvalue weighted by molar-refractivity contribution is 5.95. The molecule has 0 saturated carbocycles. The summed E-state index contributed by atoms with van der Waals surface area (Å²) in [5.41, 5.74) is -1.81. The van der Waals surface area contributed by atoms with Crippen molar-refractivity contribution in [2.45, 2.75) is 24.8 Å². The SMILES string of the molecule is O=C(c1cc(C(F)(F)F)cc(C(F)(F)F)c1)N1CCN(CC=CCN2CCOCC2)C[C@H]1Cc1c[nH]c2ccccc12. The van der Waals surface area contributed by atoms with Crippen molar-refractivity contribution >= 4 is 16.8 Å². The summed E-state index contributed by atoms with van der Waals surface area (Å²) in [6.07, 6.45) is -3.72. The number of amides is 1. The maximum atomic E-state index is 13.6. The number of aromatic nitrogens is 1. The number of carbonyl (C=O) groups excluding carboxylic acids is 1. The van der Waals surface area contributed by atoms with Crippen LogP contribution in [0, 0.1) is 0 Å². The third-order valence-corrected chi connectivity index (χ3v) is 7.79. The second-order valence-corrected chi connectivity index (χ2v) is 10.7. The van der Waals surface area contributed by atoms with Gasteiger partial charge in [0.25, 0.3) is 5.91 Å². The van der Waals surface area contributed by atoms with Gasteiger partial charge in [-0.3, -0.25) is 14.6 Å². The van der Waals surface area contributed by atoms with Crippen LogP contribution in [0.25, 0.3) is 10.9 Å². The summed E-state index contributed by atoms with van der Waals surface area (Å²) in [5, 5.41) is 0.950. The summed E-state index contributed by atoms with van der Waals surface area (Å²) >= 11 is 0. The van der Waals surface area contributed by atoms with Gasteiger partial charge in [0.1, 0.15) is 0 Å². The molecule has 2 aliphatic rings. The van der Waals surface area contributed by atoms with Gasteiger partial charge in [0.15, 0.2) is 0 Å². The van der Waals surface area contributed by atoms with Gasteiger partial charge in [-0.25, -0.2) is 0 Å². The quantitative estimate of drug-likeness (QED) is 0.292. The van der Waals surface area contributed by atoms with Crippen LogP contribution in [0.2, 0.25) is 0 Å². The summed E-state index contributed by atoms with van der Waals surface area (Å²) in [5.74, 6) is -0.848. The van der Waals surface area contributed by atoms with Crippen LogP contribution in [0.5, 0.6) is 0 Å². The van der Waals surface area contributed by atoms with Gasteiger partial charge in [-0.05, 0) is 36.2 Å². The normalized spacial score (nSPS) is 19.7. The van der Waals surface area contributed by atoms with E-state index in [-0.39, 0.29) is 12.6 Å². The van der Waals surface area contributed by atoms with E-state index in [1.807, 2.05) is 30.5 Å². The Hall–Kier alpha value is -3.35. The number of alkyl halides is 6. The van der Waals surface area contributed by atoms with Crippen molar-refractivity contribution < 1.29 is 35.9 Å². The van der Waals surface area contributed by atoms with E-state index in [2.05, 4.69) is 26.9 Å². The number of hydrogen-bond donors (Lipinski definition) is 1. The number of nitrogens with zero attached hydrogens (tertiary/aromatic N) is 3. The molecule has 3 heterocycles. The molecule has 2 saturated heterocycles. The monoisotopic (exact) mass is 594 g/mol. The van der Waals surface area contributed by atoms with Crippen LogP contribution in [-0.4, -0.2) is 90.7 Å². The van der Waals surface area contributed by atoms with Crippen molar-refractivity contribution in [2.24, 2.45) is 0 Å². The number of rotatable bonds is 7. The van der Waals surface area contributed by atoms with E-state index in [1.165, 1.54) is 4.90 Å². The molecule has 12 heteroatoms. The second-order valence-electron chi connectivity index (χ2n) is 10.7. The summed E-state index contributed by atoms with van der Waals surface area (Å²) in [6.45, 7) is 5.55. The van der Waals surface area contributed by atoms with Crippen LogP contribution in [-0.2, 0) is 23.5 Å². The Balaban J connectivity index is 1.38. The Labute approximate surface area is 239 Å². The van der Waals surface area contributed by atoms with Crippen molar-refractivity contribution in [3.05, 3.63) is 83.1 Å². The number of carbonyl (C=O) groups is 1. The van der Waals surface area contributed by atoms with Crippen LogP contribution in [0.3, 0.4) is 0 Å². The summed E-state index contributed by atoms with van der Waals surface area (Å²) in [6, 6.07) is 8.22. The lowest BCUT2D eigenvalue weighted by Gasteiger charge is -2.41. The number of piperazine rings is 1. The smallest absolute Gasteiger partial charge is 0.379 e. The van der Waals surface area contributed by atoms with Crippen molar-refractivity contribution in [3.8, 4) is 0 Å². The second kappa shape index (κ2) is 12.5. The first kappa shape index (κ1) is 30.1.